The van der Waals surface area contributed by atoms with Gasteiger partial charge in [0.25, 0.3) is 0 Å². The molecular weight excluding hydrogens is 290 g/mol. The molecule has 1 fully saturated rings. The van der Waals surface area contributed by atoms with Crippen LogP contribution in [0.3, 0.4) is 0 Å². The van der Waals surface area contributed by atoms with E-state index in [2.05, 4.69) is 25.8 Å². The van der Waals surface area contributed by atoms with Crippen molar-refractivity contribution in [1.82, 2.24) is 4.90 Å². The summed E-state index contributed by atoms with van der Waals surface area (Å²) in [6.45, 7) is 5.19. The van der Waals surface area contributed by atoms with E-state index in [-0.39, 0.29) is 11.7 Å². The largest absolute Gasteiger partial charge is 0.457 e. The normalized spacial score (nSPS) is 28.5. The van der Waals surface area contributed by atoms with Crippen molar-refractivity contribution in [2.24, 2.45) is 5.92 Å². The number of piperidine rings is 1. The number of nitrogens with zero attached hydrogens (tertiary/aromatic N) is 1. The van der Waals surface area contributed by atoms with Gasteiger partial charge in [-0.2, -0.15) is 0 Å². The Morgan fingerprint density at radius 2 is 1.96 bits per heavy atom. The fourth-order valence-corrected chi connectivity index (χ4v) is 3.49. The minimum absolute atomic E-state index is 0.185. The first-order chi connectivity index (χ1) is 11.0. The predicted octanol–water partition coefficient (Wildman–Crippen LogP) is 3.69. The van der Waals surface area contributed by atoms with E-state index in [9.17, 15) is 4.79 Å². The standard InChI is InChI=1S/C19H23NO3/c1-14-13-20(3)15(2)12-19(14,16-8-5-4-6-9-16)23-18(21)17-10-7-11-22-17/h4-11,14-15H,12-13H2,1-3H3/t14-,15+,19+/m1/s1. The molecule has 1 aliphatic rings. The summed E-state index contributed by atoms with van der Waals surface area (Å²) in [6, 6.07) is 13.7. The predicted molar refractivity (Wildman–Crippen MR) is 88.1 cm³/mol. The Balaban J connectivity index is 1.98. The fourth-order valence-electron chi connectivity index (χ4n) is 3.49. The third-order valence-corrected chi connectivity index (χ3v) is 4.97. The molecule has 0 radical (unpaired) electrons. The number of carbonyl (C=O) groups excluding carboxylic acids is 1. The molecule has 3 atom stereocenters. The van der Waals surface area contributed by atoms with Crippen LogP contribution in [-0.4, -0.2) is 30.5 Å². The van der Waals surface area contributed by atoms with Crippen molar-refractivity contribution >= 4 is 5.97 Å². The molecule has 0 bridgehead atoms. The van der Waals surface area contributed by atoms with Crippen LogP contribution in [0.4, 0.5) is 0 Å². The molecule has 2 heterocycles. The summed E-state index contributed by atoms with van der Waals surface area (Å²) < 4.78 is 11.3. The number of carbonyl (C=O) groups is 1. The first kappa shape index (κ1) is 15.8. The third kappa shape index (κ3) is 2.91. The molecule has 0 N–H and O–H groups in total. The van der Waals surface area contributed by atoms with E-state index in [4.69, 9.17) is 9.15 Å². The summed E-state index contributed by atoms with van der Waals surface area (Å²) in [5.74, 6) is 0.0338. The molecule has 0 spiro atoms. The summed E-state index contributed by atoms with van der Waals surface area (Å²) in [7, 11) is 2.12. The molecule has 3 rings (SSSR count). The van der Waals surface area contributed by atoms with Crippen LogP contribution in [-0.2, 0) is 10.3 Å². The third-order valence-electron chi connectivity index (χ3n) is 4.97. The van der Waals surface area contributed by atoms with Crippen molar-refractivity contribution in [2.45, 2.75) is 31.9 Å². The van der Waals surface area contributed by atoms with Crippen molar-refractivity contribution < 1.29 is 13.9 Å². The maximum Gasteiger partial charge on any atom is 0.375 e. The van der Waals surface area contributed by atoms with Crippen LogP contribution in [0, 0.1) is 5.92 Å². The second-order valence-corrected chi connectivity index (χ2v) is 6.52. The lowest BCUT2D eigenvalue weighted by molar-refractivity contribution is -0.100. The minimum atomic E-state index is -0.628. The Labute approximate surface area is 137 Å². The average molecular weight is 313 g/mol. The van der Waals surface area contributed by atoms with Crippen LogP contribution in [0.1, 0.15) is 36.4 Å². The maximum atomic E-state index is 12.6. The lowest BCUT2D eigenvalue weighted by Gasteiger charge is -2.48. The Kier molecular flexibility index (Phi) is 4.26. The fraction of sp³-hybridized carbons (Fsp3) is 0.421. The first-order valence-electron chi connectivity index (χ1n) is 8.05. The number of furan rings is 1. The molecule has 4 heteroatoms. The Bertz CT molecular complexity index is 653. The van der Waals surface area contributed by atoms with Crippen molar-refractivity contribution in [2.75, 3.05) is 13.6 Å². The zero-order chi connectivity index (χ0) is 16.4. The van der Waals surface area contributed by atoms with Crippen molar-refractivity contribution in [3.8, 4) is 0 Å². The molecule has 2 aromatic rings. The van der Waals surface area contributed by atoms with Crippen LogP contribution in [0.2, 0.25) is 0 Å². The number of benzene rings is 1. The van der Waals surface area contributed by atoms with Gasteiger partial charge in [0, 0.05) is 24.9 Å². The van der Waals surface area contributed by atoms with E-state index in [1.165, 1.54) is 6.26 Å². The Morgan fingerprint density at radius 3 is 2.61 bits per heavy atom. The van der Waals surface area contributed by atoms with Gasteiger partial charge in [-0.25, -0.2) is 4.79 Å². The first-order valence-corrected chi connectivity index (χ1v) is 8.05. The monoisotopic (exact) mass is 313 g/mol. The van der Waals surface area contributed by atoms with Gasteiger partial charge >= 0.3 is 5.97 Å². The highest BCUT2D eigenvalue weighted by Gasteiger charge is 2.47. The van der Waals surface area contributed by atoms with Gasteiger partial charge in [-0.15, -0.1) is 0 Å². The number of esters is 1. The zero-order valence-corrected chi connectivity index (χ0v) is 13.9. The van der Waals surface area contributed by atoms with Crippen molar-refractivity contribution in [1.29, 1.82) is 0 Å². The van der Waals surface area contributed by atoms with Crippen molar-refractivity contribution in [3.63, 3.8) is 0 Å². The smallest absolute Gasteiger partial charge is 0.375 e. The molecule has 1 aromatic carbocycles. The average Bonchev–Trinajstić information content (AvgIpc) is 3.08. The Hall–Kier alpha value is -2.07. The summed E-state index contributed by atoms with van der Waals surface area (Å²) in [5, 5.41) is 0. The lowest BCUT2D eigenvalue weighted by Crippen LogP contribution is -2.53. The molecular formula is C19H23NO3. The second-order valence-electron chi connectivity index (χ2n) is 6.52. The van der Waals surface area contributed by atoms with E-state index in [1.54, 1.807) is 12.1 Å². The van der Waals surface area contributed by atoms with Gasteiger partial charge in [0.15, 0.2) is 0 Å². The van der Waals surface area contributed by atoms with Crippen LogP contribution in [0.15, 0.2) is 53.1 Å². The molecule has 1 aliphatic heterocycles. The van der Waals surface area contributed by atoms with Crippen LogP contribution in [0.25, 0.3) is 0 Å². The summed E-state index contributed by atoms with van der Waals surface area (Å²) >= 11 is 0. The SMILES string of the molecule is C[C@@H]1CN(C)[C@@H](C)C[C@@]1(OC(=O)c1ccco1)c1ccccc1. The summed E-state index contributed by atoms with van der Waals surface area (Å²) in [5.41, 5.74) is 0.421. The van der Waals surface area contributed by atoms with Gasteiger partial charge in [-0.1, -0.05) is 37.3 Å². The highest BCUT2D eigenvalue weighted by atomic mass is 16.6. The molecule has 23 heavy (non-hydrogen) atoms. The highest BCUT2D eigenvalue weighted by Crippen LogP contribution is 2.43. The molecule has 1 aromatic heterocycles. The number of ether oxygens (including phenoxy) is 1. The van der Waals surface area contributed by atoms with Crippen molar-refractivity contribution in [3.05, 3.63) is 60.1 Å². The lowest BCUT2D eigenvalue weighted by atomic mass is 9.74. The molecule has 0 aliphatic carbocycles. The number of hydrogen-bond acceptors (Lipinski definition) is 4. The summed E-state index contributed by atoms with van der Waals surface area (Å²) in [4.78, 5) is 14.9. The van der Waals surface area contributed by atoms with E-state index >= 15 is 0 Å². The molecule has 0 saturated carbocycles. The highest BCUT2D eigenvalue weighted by molar-refractivity contribution is 5.86. The quantitative estimate of drug-likeness (QED) is 0.811. The topological polar surface area (TPSA) is 42.7 Å². The molecule has 0 amide bonds. The van der Waals surface area contributed by atoms with Gasteiger partial charge in [0.2, 0.25) is 5.76 Å². The van der Waals surface area contributed by atoms with E-state index in [0.29, 0.717) is 6.04 Å². The number of hydrogen-bond donors (Lipinski definition) is 0. The van der Waals surface area contributed by atoms with Gasteiger partial charge in [0.1, 0.15) is 5.60 Å². The molecule has 122 valence electrons. The van der Waals surface area contributed by atoms with Crippen LogP contribution < -0.4 is 0 Å². The zero-order valence-electron chi connectivity index (χ0n) is 13.9. The minimum Gasteiger partial charge on any atom is -0.457 e. The van der Waals surface area contributed by atoms with Gasteiger partial charge in [-0.05, 0) is 31.7 Å². The van der Waals surface area contributed by atoms with Gasteiger partial charge in [-0.3, -0.25) is 0 Å². The van der Waals surface area contributed by atoms with E-state index in [1.807, 2.05) is 30.3 Å². The van der Waals surface area contributed by atoms with E-state index < -0.39 is 11.6 Å². The molecule has 1 saturated heterocycles. The summed E-state index contributed by atoms with van der Waals surface area (Å²) in [6.07, 6.45) is 2.26. The Morgan fingerprint density at radius 1 is 1.22 bits per heavy atom. The maximum absolute atomic E-state index is 12.6. The number of likely N-dealkylation sites (tertiary alicyclic amines) is 1. The van der Waals surface area contributed by atoms with E-state index in [0.717, 1.165) is 18.5 Å². The second kappa shape index (κ2) is 6.20. The van der Waals surface area contributed by atoms with Crippen LogP contribution >= 0.6 is 0 Å². The van der Waals surface area contributed by atoms with Gasteiger partial charge < -0.3 is 14.1 Å². The van der Waals surface area contributed by atoms with Crippen LogP contribution in [0.5, 0.6) is 0 Å². The molecule has 4 nitrogen and oxygen atoms in total. The van der Waals surface area contributed by atoms with Gasteiger partial charge in [0.05, 0.1) is 6.26 Å². The number of rotatable bonds is 3. The molecule has 0 unspecified atom stereocenters.